The number of hydrogen-bond acceptors (Lipinski definition) is 0. The summed E-state index contributed by atoms with van der Waals surface area (Å²) in [6.07, 6.45) is 7.06. The van der Waals surface area contributed by atoms with Crippen LogP contribution in [0.4, 0.5) is 0 Å². The van der Waals surface area contributed by atoms with E-state index in [9.17, 15) is 0 Å². The molecule has 0 unspecified atom stereocenters. The van der Waals surface area contributed by atoms with Crippen molar-refractivity contribution in [3.8, 4) is 12.3 Å². The van der Waals surface area contributed by atoms with Gasteiger partial charge in [0.1, 0.15) is 0 Å². The Morgan fingerprint density at radius 1 is 1.33 bits per heavy atom. The molecule has 0 radical (unpaired) electrons. The molecule has 0 bridgehead atoms. The third-order valence-corrected chi connectivity index (χ3v) is 1.22. The van der Waals surface area contributed by atoms with Gasteiger partial charge in [-0.2, -0.15) is 0 Å². The average Bonchev–Trinajstić information content (AvgIpc) is 1.61. The van der Waals surface area contributed by atoms with E-state index >= 15 is 0 Å². The first kappa shape index (κ1) is 22.5. The van der Waals surface area contributed by atoms with E-state index in [1.165, 1.54) is 4.43 Å². The van der Waals surface area contributed by atoms with Gasteiger partial charge in [-0.05, 0) is 6.42 Å². The first-order valence-electron chi connectivity index (χ1n) is 1.91. The quantitative estimate of drug-likeness (QED) is 0.149. The van der Waals surface area contributed by atoms with Crippen LogP contribution in [0.3, 0.4) is 0 Å². The topological polar surface area (TPSA) is 0 Å². The molecule has 0 rings (SSSR count). The Labute approximate surface area is 108 Å². The van der Waals surface area contributed by atoms with Crippen molar-refractivity contribution in [2.75, 3.05) is 4.43 Å². The summed E-state index contributed by atoms with van der Waals surface area (Å²) in [5.74, 6) is 2.56. The summed E-state index contributed by atoms with van der Waals surface area (Å²) in [7, 11) is 0. The maximum Gasteiger partial charge on any atom is 2.00 e. The Morgan fingerprint density at radius 3 is 1.89 bits per heavy atom. The van der Waals surface area contributed by atoms with Crippen LogP contribution in [0.15, 0.2) is 0 Å². The predicted molar refractivity (Wildman–Crippen MR) is 42.7 cm³/mol. The molecular weight excluding hydrogens is 371 g/mol. The monoisotopic (exact) mass is 376 g/mol. The van der Waals surface area contributed by atoms with E-state index in [0.717, 1.165) is 12.8 Å². The summed E-state index contributed by atoms with van der Waals surface area (Å²) >= 11 is 2.32. The van der Waals surface area contributed by atoms with E-state index in [1.54, 1.807) is 0 Å². The van der Waals surface area contributed by atoms with E-state index in [1.807, 2.05) is 0 Å². The Balaban J connectivity index is -0.0000000417. The normalized spacial score (nSPS) is 4.89. The zero-order valence-electron chi connectivity index (χ0n) is 5.04. The van der Waals surface area contributed by atoms with Gasteiger partial charge in [0, 0.05) is 10.8 Å². The molecule has 0 N–H and O–H groups in total. The van der Waals surface area contributed by atoms with Gasteiger partial charge in [0.2, 0.25) is 0 Å². The van der Waals surface area contributed by atoms with Crippen LogP contribution < -0.4 is 34.0 Å². The van der Waals surface area contributed by atoms with Gasteiger partial charge in [-0.25, -0.2) is 0 Å². The first-order chi connectivity index (χ1) is 2.91. The zero-order valence-corrected chi connectivity index (χ0v) is 11.8. The second kappa shape index (κ2) is 22.5. The molecule has 4 heteroatoms. The van der Waals surface area contributed by atoms with E-state index in [0.29, 0.717) is 0 Å². The molecule has 0 aliphatic carbocycles. The minimum atomic E-state index is 0. The average molecular weight is 378 g/mol. The van der Waals surface area contributed by atoms with Gasteiger partial charge < -0.3 is 34.0 Å². The molecule has 0 nitrogen and oxygen atoms in total. The summed E-state index contributed by atoms with van der Waals surface area (Å²) in [5, 5.41) is 0. The maximum atomic E-state index is 4.96. The Morgan fingerprint density at radius 2 is 1.78 bits per heavy atom. The molecule has 9 heavy (non-hydrogen) atoms. The van der Waals surface area contributed by atoms with Crippen molar-refractivity contribution < 1.29 is 34.0 Å². The third kappa shape index (κ3) is 25.6. The molecular formula is C5H7Br2IMg. The van der Waals surface area contributed by atoms with Crippen molar-refractivity contribution >= 4 is 45.6 Å². The van der Waals surface area contributed by atoms with Crippen LogP contribution >= 0.6 is 22.6 Å². The standard InChI is InChI=1S/C5H7I.2BrH.Mg/c1-2-3-4-5-6;;;/h1H,3-5H2;2*1H;/q;;;+2/p-2. The molecule has 0 saturated heterocycles. The largest absolute Gasteiger partial charge is 2.00 e. The fourth-order valence-corrected chi connectivity index (χ4v) is 0.550. The molecule has 0 aliphatic rings. The molecule has 0 spiro atoms. The van der Waals surface area contributed by atoms with E-state index < -0.39 is 0 Å². The minimum Gasteiger partial charge on any atom is -1.00 e. The van der Waals surface area contributed by atoms with Crippen molar-refractivity contribution in [3.05, 3.63) is 0 Å². The van der Waals surface area contributed by atoms with Crippen molar-refractivity contribution in [2.45, 2.75) is 12.8 Å². The van der Waals surface area contributed by atoms with Gasteiger partial charge >= 0.3 is 23.1 Å². The number of hydrogen-bond donors (Lipinski definition) is 0. The van der Waals surface area contributed by atoms with Crippen LogP contribution in [0.1, 0.15) is 12.8 Å². The van der Waals surface area contributed by atoms with Crippen molar-refractivity contribution in [3.63, 3.8) is 0 Å². The summed E-state index contributed by atoms with van der Waals surface area (Å²) in [4.78, 5) is 0. The van der Waals surface area contributed by atoms with Crippen LogP contribution in [0.25, 0.3) is 0 Å². The van der Waals surface area contributed by atoms with Gasteiger partial charge in [0.25, 0.3) is 0 Å². The molecule has 0 aromatic carbocycles. The Hall–Kier alpha value is 2.02. The SMILES string of the molecule is C#CCCCI.[Br-].[Br-].[Mg+2]. The molecule has 50 valence electrons. The van der Waals surface area contributed by atoms with E-state index in [4.69, 9.17) is 6.42 Å². The summed E-state index contributed by atoms with van der Waals surface area (Å²) in [6, 6.07) is 0. The molecule has 0 aromatic rings. The second-order valence-corrected chi connectivity index (χ2v) is 2.08. The second-order valence-electron chi connectivity index (χ2n) is 0.997. The Bertz CT molecular complexity index is 62.5. The molecule has 0 fully saturated rings. The van der Waals surface area contributed by atoms with Gasteiger partial charge in [-0.1, -0.05) is 22.6 Å². The van der Waals surface area contributed by atoms with Crippen LogP contribution in [0, 0.1) is 12.3 Å². The molecule has 0 saturated carbocycles. The number of terminal acetylenes is 1. The first-order valence-corrected chi connectivity index (χ1v) is 3.44. The molecule has 0 atom stereocenters. The maximum absolute atomic E-state index is 4.96. The minimum absolute atomic E-state index is 0. The van der Waals surface area contributed by atoms with Gasteiger partial charge in [-0.3, -0.25) is 0 Å². The molecule has 0 amide bonds. The van der Waals surface area contributed by atoms with Crippen molar-refractivity contribution in [1.29, 1.82) is 0 Å². The molecule has 0 heterocycles. The zero-order chi connectivity index (χ0) is 4.83. The van der Waals surface area contributed by atoms with Gasteiger partial charge in [0.05, 0.1) is 0 Å². The number of rotatable bonds is 2. The van der Waals surface area contributed by atoms with E-state index in [2.05, 4.69) is 28.5 Å². The van der Waals surface area contributed by atoms with Crippen LogP contribution in [0.2, 0.25) is 0 Å². The fraction of sp³-hybridized carbons (Fsp3) is 0.600. The van der Waals surface area contributed by atoms with Crippen LogP contribution in [0.5, 0.6) is 0 Å². The van der Waals surface area contributed by atoms with Crippen molar-refractivity contribution in [1.82, 2.24) is 0 Å². The van der Waals surface area contributed by atoms with Gasteiger partial charge in [0.15, 0.2) is 0 Å². The summed E-state index contributed by atoms with van der Waals surface area (Å²) < 4.78 is 1.18. The van der Waals surface area contributed by atoms with Gasteiger partial charge in [-0.15, -0.1) is 12.3 Å². The van der Waals surface area contributed by atoms with Crippen LogP contribution in [-0.4, -0.2) is 27.5 Å². The van der Waals surface area contributed by atoms with Crippen LogP contribution in [-0.2, 0) is 0 Å². The predicted octanol–water partition coefficient (Wildman–Crippen LogP) is -4.54. The van der Waals surface area contributed by atoms with Crippen molar-refractivity contribution in [2.24, 2.45) is 0 Å². The number of unbranched alkanes of at least 4 members (excludes halogenated alkanes) is 1. The molecule has 0 aromatic heterocycles. The number of halogens is 3. The molecule has 0 aliphatic heterocycles. The Kier molecular flexibility index (Phi) is 56.1. The summed E-state index contributed by atoms with van der Waals surface area (Å²) in [6.45, 7) is 0. The smallest absolute Gasteiger partial charge is 1.00 e. The fourth-order valence-electron chi connectivity index (χ4n) is 0.169. The number of alkyl halides is 1. The summed E-state index contributed by atoms with van der Waals surface area (Å²) in [5.41, 5.74) is 0. The van der Waals surface area contributed by atoms with E-state index in [-0.39, 0.29) is 57.0 Å². The third-order valence-electron chi connectivity index (χ3n) is 0.455.